The summed E-state index contributed by atoms with van der Waals surface area (Å²) in [5.41, 5.74) is 2.55. The van der Waals surface area contributed by atoms with Crippen molar-refractivity contribution in [2.75, 3.05) is 25.1 Å². The van der Waals surface area contributed by atoms with E-state index in [1.807, 2.05) is 0 Å². The summed E-state index contributed by atoms with van der Waals surface area (Å²) in [6.07, 6.45) is 5.36. The zero-order chi connectivity index (χ0) is 13.2. The van der Waals surface area contributed by atoms with Crippen molar-refractivity contribution >= 4 is 5.69 Å². The van der Waals surface area contributed by atoms with Crippen LogP contribution in [0.1, 0.15) is 31.2 Å². The monoisotopic (exact) mass is 260 g/mol. The number of hydrogen-bond donors (Lipinski definition) is 1. The second-order valence-corrected chi connectivity index (χ2v) is 5.88. The highest BCUT2D eigenvalue weighted by atomic mass is 16.5. The summed E-state index contributed by atoms with van der Waals surface area (Å²) in [5.74, 6) is 0.980. The van der Waals surface area contributed by atoms with Crippen LogP contribution < -0.4 is 15.0 Å². The van der Waals surface area contributed by atoms with Gasteiger partial charge in [-0.1, -0.05) is 0 Å². The molecule has 1 heterocycles. The topological polar surface area (TPSA) is 24.5 Å². The highest BCUT2D eigenvalue weighted by molar-refractivity contribution is 5.53. The Morgan fingerprint density at radius 2 is 2.05 bits per heavy atom. The van der Waals surface area contributed by atoms with Crippen LogP contribution in [0.25, 0.3) is 0 Å². The van der Waals surface area contributed by atoms with Crippen LogP contribution in [0.4, 0.5) is 5.69 Å². The molecule has 1 atom stereocenters. The third-order valence-corrected chi connectivity index (χ3v) is 4.21. The largest absolute Gasteiger partial charge is 0.496 e. The van der Waals surface area contributed by atoms with Crippen molar-refractivity contribution in [2.45, 2.75) is 44.7 Å². The molecular formula is C16H24N2O. The highest BCUT2D eigenvalue weighted by Gasteiger charge is 2.27. The van der Waals surface area contributed by atoms with E-state index in [1.54, 1.807) is 7.11 Å². The molecule has 0 aromatic heterocycles. The minimum Gasteiger partial charge on any atom is -0.496 e. The van der Waals surface area contributed by atoms with Crippen LogP contribution in [0.15, 0.2) is 18.2 Å². The smallest absolute Gasteiger partial charge is 0.121 e. The van der Waals surface area contributed by atoms with Gasteiger partial charge in [-0.05, 0) is 56.4 Å². The van der Waals surface area contributed by atoms with E-state index in [-0.39, 0.29) is 0 Å². The first-order valence-corrected chi connectivity index (χ1v) is 7.42. The van der Waals surface area contributed by atoms with Gasteiger partial charge in [0.2, 0.25) is 0 Å². The van der Waals surface area contributed by atoms with Crippen molar-refractivity contribution in [3.05, 3.63) is 23.8 Å². The summed E-state index contributed by atoms with van der Waals surface area (Å²) in [7, 11) is 1.73. The Morgan fingerprint density at radius 3 is 2.74 bits per heavy atom. The molecule has 104 valence electrons. The van der Waals surface area contributed by atoms with Crippen molar-refractivity contribution in [3.8, 4) is 5.75 Å². The van der Waals surface area contributed by atoms with Gasteiger partial charge in [-0.15, -0.1) is 0 Å². The molecule has 3 heteroatoms. The summed E-state index contributed by atoms with van der Waals surface area (Å²) in [6, 6.07) is 8.00. The number of benzene rings is 1. The number of rotatable bonds is 4. The van der Waals surface area contributed by atoms with Crippen LogP contribution in [0, 0.1) is 6.92 Å². The van der Waals surface area contributed by atoms with E-state index in [9.17, 15) is 0 Å². The lowest BCUT2D eigenvalue weighted by atomic mass is 10.0. The standard InChI is InChI=1S/C16H24N2O/c1-12-10-15(7-8-16(12)19-2)18-9-3-4-14(11-18)17-13-5-6-13/h7-8,10,13-14,17H,3-6,9,11H2,1-2H3. The first-order chi connectivity index (χ1) is 9.26. The fraction of sp³-hybridized carbons (Fsp3) is 0.625. The van der Waals surface area contributed by atoms with E-state index < -0.39 is 0 Å². The second-order valence-electron chi connectivity index (χ2n) is 5.88. The lowest BCUT2D eigenvalue weighted by molar-refractivity contribution is 0.410. The van der Waals surface area contributed by atoms with Crippen LogP contribution in [-0.4, -0.2) is 32.3 Å². The van der Waals surface area contributed by atoms with E-state index in [0.29, 0.717) is 6.04 Å². The Kier molecular flexibility index (Phi) is 3.65. The summed E-state index contributed by atoms with van der Waals surface area (Å²) in [4.78, 5) is 2.51. The van der Waals surface area contributed by atoms with Crippen molar-refractivity contribution in [3.63, 3.8) is 0 Å². The van der Waals surface area contributed by atoms with Gasteiger partial charge in [0.1, 0.15) is 5.75 Å². The summed E-state index contributed by atoms with van der Waals surface area (Å²) in [6.45, 7) is 4.43. The van der Waals surface area contributed by atoms with Gasteiger partial charge >= 0.3 is 0 Å². The Labute approximate surface area is 115 Å². The number of aryl methyl sites for hydroxylation is 1. The molecule has 1 unspecified atom stereocenters. The molecule has 1 aliphatic carbocycles. The van der Waals surface area contributed by atoms with Crippen LogP contribution in [0.5, 0.6) is 5.75 Å². The third kappa shape index (κ3) is 3.03. The molecule has 0 spiro atoms. The quantitative estimate of drug-likeness (QED) is 0.901. The Morgan fingerprint density at radius 1 is 1.21 bits per heavy atom. The first kappa shape index (κ1) is 12.8. The molecule has 1 aromatic rings. The van der Waals surface area contributed by atoms with Gasteiger partial charge in [0.05, 0.1) is 7.11 Å². The van der Waals surface area contributed by atoms with Gasteiger partial charge in [0, 0.05) is 30.9 Å². The SMILES string of the molecule is COc1ccc(N2CCCC(NC3CC3)C2)cc1C. The molecule has 1 N–H and O–H groups in total. The molecule has 1 aliphatic heterocycles. The number of methoxy groups -OCH3 is 1. The van der Waals surface area contributed by atoms with Gasteiger partial charge in [0.25, 0.3) is 0 Å². The number of hydrogen-bond acceptors (Lipinski definition) is 3. The molecule has 1 saturated heterocycles. The number of nitrogens with one attached hydrogen (secondary N) is 1. The zero-order valence-corrected chi connectivity index (χ0v) is 12.0. The molecule has 0 amide bonds. The van der Waals surface area contributed by atoms with E-state index in [2.05, 4.69) is 35.3 Å². The lowest BCUT2D eigenvalue weighted by Gasteiger charge is -2.35. The van der Waals surface area contributed by atoms with Crippen LogP contribution in [0.3, 0.4) is 0 Å². The zero-order valence-electron chi connectivity index (χ0n) is 12.0. The van der Waals surface area contributed by atoms with Crippen molar-refractivity contribution in [1.29, 1.82) is 0 Å². The summed E-state index contributed by atoms with van der Waals surface area (Å²) in [5, 5.41) is 3.76. The van der Waals surface area contributed by atoms with Gasteiger partial charge in [-0.2, -0.15) is 0 Å². The number of nitrogens with zero attached hydrogens (tertiary/aromatic N) is 1. The first-order valence-electron chi connectivity index (χ1n) is 7.42. The Hall–Kier alpha value is -1.22. The molecular weight excluding hydrogens is 236 g/mol. The Bertz CT molecular complexity index is 442. The number of ether oxygens (including phenoxy) is 1. The maximum absolute atomic E-state index is 5.34. The van der Waals surface area contributed by atoms with E-state index >= 15 is 0 Å². The molecule has 3 nitrogen and oxygen atoms in total. The van der Waals surface area contributed by atoms with Gasteiger partial charge in [-0.3, -0.25) is 0 Å². The fourth-order valence-corrected chi connectivity index (χ4v) is 2.99. The molecule has 19 heavy (non-hydrogen) atoms. The van der Waals surface area contributed by atoms with Crippen LogP contribution in [-0.2, 0) is 0 Å². The maximum atomic E-state index is 5.34. The van der Waals surface area contributed by atoms with Crippen molar-refractivity contribution in [2.24, 2.45) is 0 Å². The predicted octanol–water partition coefficient (Wildman–Crippen LogP) is 2.72. The molecule has 1 saturated carbocycles. The second kappa shape index (κ2) is 5.41. The van der Waals surface area contributed by atoms with Gasteiger partial charge in [0.15, 0.2) is 0 Å². The minimum absolute atomic E-state index is 0.670. The molecule has 3 rings (SSSR count). The molecule has 0 bridgehead atoms. The maximum Gasteiger partial charge on any atom is 0.121 e. The normalized spacial score (nSPS) is 23.5. The average Bonchev–Trinajstić information content (AvgIpc) is 3.23. The molecule has 2 fully saturated rings. The van der Waals surface area contributed by atoms with Crippen LogP contribution in [0.2, 0.25) is 0 Å². The van der Waals surface area contributed by atoms with E-state index in [1.165, 1.54) is 43.5 Å². The van der Waals surface area contributed by atoms with Crippen molar-refractivity contribution in [1.82, 2.24) is 5.32 Å². The van der Waals surface area contributed by atoms with Gasteiger partial charge < -0.3 is 15.0 Å². The molecule has 2 aliphatic rings. The molecule has 0 radical (unpaired) electrons. The van der Waals surface area contributed by atoms with Crippen molar-refractivity contribution < 1.29 is 4.74 Å². The highest BCUT2D eigenvalue weighted by Crippen LogP contribution is 2.27. The average molecular weight is 260 g/mol. The summed E-state index contributed by atoms with van der Waals surface area (Å²) >= 11 is 0. The lowest BCUT2D eigenvalue weighted by Crippen LogP contribution is -2.46. The van der Waals surface area contributed by atoms with Crippen LogP contribution >= 0.6 is 0 Å². The van der Waals surface area contributed by atoms with E-state index in [0.717, 1.165) is 18.3 Å². The number of anilines is 1. The summed E-state index contributed by atoms with van der Waals surface area (Å²) < 4.78 is 5.34. The number of piperidine rings is 1. The third-order valence-electron chi connectivity index (χ3n) is 4.21. The minimum atomic E-state index is 0.670. The Balaban J connectivity index is 1.68. The van der Waals surface area contributed by atoms with E-state index in [4.69, 9.17) is 4.74 Å². The molecule has 1 aromatic carbocycles. The van der Waals surface area contributed by atoms with Gasteiger partial charge in [-0.25, -0.2) is 0 Å². The predicted molar refractivity (Wildman–Crippen MR) is 79.1 cm³/mol. The fourth-order valence-electron chi connectivity index (χ4n) is 2.99.